The number of carbonyl (C=O) groups excluding carboxylic acids is 3. The molecule has 0 spiro atoms. The Morgan fingerprint density at radius 2 is 1.84 bits per heavy atom. The second kappa shape index (κ2) is 13.3. The zero-order valence-electron chi connectivity index (χ0n) is 22.3. The molecule has 0 unspecified atom stereocenters. The lowest BCUT2D eigenvalue weighted by Gasteiger charge is -2.35. The molecule has 38 heavy (non-hydrogen) atoms. The van der Waals surface area contributed by atoms with Crippen LogP contribution in [0.15, 0.2) is 24.3 Å². The zero-order valence-corrected chi connectivity index (χ0v) is 23.1. The van der Waals surface area contributed by atoms with Gasteiger partial charge in [0.05, 0.1) is 16.6 Å². The summed E-state index contributed by atoms with van der Waals surface area (Å²) in [5.74, 6) is 0.0507. The molecule has 0 aliphatic carbocycles. The maximum atomic E-state index is 13.4. The van der Waals surface area contributed by atoms with E-state index in [2.05, 4.69) is 20.5 Å². The Kier molecular flexibility index (Phi) is 9.85. The van der Waals surface area contributed by atoms with Crippen molar-refractivity contribution < 1.29 is 18.8 Å². The molecular weight excluding hydrogens is 505 g/mol. The van der Waals surface area contributed by atoms with Crippen LogP contribution in [0.25, 0.3) is 0 Å². The molecular formula is C28H38FN5O3S. The first-order chi connectivity index (χ1) is 18.3. The fourth-order valence-corrected chi connectivity index (χ4v) is 6.32. The van der Waals surface area contributed by atoms with Crippen molar-refractivity contribution in [2.45, 2.75) is 64.8 Å². The summed E-state index contributed by atoms with van der Waals surface area (Å²) in [6.07, 6.45) is 6.46. The first kappa shape index (κ1) is 28.2. The van der Waals surface area contributed by atoms with Crippen molar-refractivity contribution in [3.05, 3.63) is 46.2 Å². The molecule has 8 nitrogen and oxygen atoms in total. The van der Waals surface area contributed by atoms with E-state index >= 15 is 0 Å². The highest BCUT2D eigenvalue weighted by molar-refractivity contribution is 7.17. The third-order valence-electron chi connectivity index (χ3n) is 7.33. The number of likely N-dealkylation sites (tertiary alicyclic amines) is 2. The molecule has 2 saturated heterocycles. The number of aryl methyl sites for hydroxylation is 1. The number of carbonyl (C=O) groups is 3. The lowest BCUT2D eigenvalue weighted by Crippen LogP contribution is -2.50. The van der Waals surface area contributed by atoms with Gasteiger partial charge in [-0.2, -0.15) is 0 Å². The lowest BCUT2D eigenvalue weighted by molar-refractivity contribution is -0.133. The van der Waals surface area contributed by atoms with Crippen molar-refractivity contribution in [3.8, 4) is 0 Å². The molecule has 1 aromatic carbocycles. The zero-order chi connectivity index (χ0) is 27.1. The average Bonchev–Trinajstić information content (AvgIpc) is 3.26. The maximum Gasteiger partial charge on any atom is 0.321 e. The highest BCUT2D eigenvalue weighted by Gasteiger charge is 2.28. The minimum absolute atomic E-state index is 0.0417. The van der Waals surface area contributed by atoms with Gasteiger partial charge in [0.25, 0.3) is 0 Å². The number of nitrogens with one attached hydrogen (secondary N) is 2. The maximum absolute atomic E-state index is 13.4. The number of urea groups is 1. The van der Waals surface area contributed by atoms with Gasteiger partial charge >= 0.3 is 6.03 Å². The Morgan fingerprint density at radius 1 is 1.11 bits per heavy atom. The number of benzene rings is 1. The Balaban J connectivity index is 1.36. The van der Waals surface area contributed by atoms with E-state index in [-0.39, 0.29) is 30.0 Å². The summed E-state index contributed by atoms with van der Waals surface area (Å²) in [6, 6.07) is 5.84. The molecule has 3 amide bonds. The molecule has 10 heteroatoms. The summed E-state index contributed by atoms with van der Waals surface area (Å²) in [4.78, 5) is 47.1. The Labute approximate surface area is 228 Å². The van der Waals surface area contributed by atoms with E-state index in [0.717, 1.165) is 62.1 Å². The van der Waals surface area contributed by atoms with Gasteiger partial charge < -0.3 is 15.1 Å². The number of hydrogen-bond donors (Lipinski definition) is 2. The first-order valence-electron chi connectivity index (χ1n) is 13.6. The summed E-state index contributed by atoms with van der Waals surface area (Å²) in [5.41, 5.74) is 1.68. The number of amides is 3. The van der Waals surface area contributed by atoms with Gasteiger partial charge in [-0.05, 0) is 75.7 Å². The van der Waals surface area contributed by atoms with Gasteiger partial charge in [-0.15, -0.1) is 0 Å². The smallest absolute Gasteiger partial charge is 0.321 e. The largest absolute Gasteiger partial charge is 0.342 e. The second-order valence-corrected chi connectivity index (χ2v) is 11.5. The van der Waals surface area contributed by atoms with Crippen molar-refractivity contribution in [1.29, 1.82) is 0 Å². The van der Waals surface area contributed by atoms with E-state index in [9.17, 15) is 18.8 Å². The van der Waals surface area contributed by atoms with Crippen LogP contribution in [0.1, 0.15) is 66.4 Å². The number of halogens is 1. The van der Waals surface area contributed by atoms with Crippen LogP contribution in [0.3, 0.4) is 0 Å². The molecule has 2 atom stereocenters. The minimum atomic E-state index is -0.420. The monoisotopic (exact) mass is 543 g/mol. The minimum Gasteiger partial charge on any atom is -0.342 e. The molecule has 1 aromatic heterocycles. The van der Waals surface area contributed by atoms with Gasteiger partial charge in [-0.1, -0.05) is 29.9 Å². The van der Waals surface area contributed by atoms with Crippen molar-refractivity contribution in [2.75, 3.05) is 38.0 Å². The summed E-state index contributed by atoms with van der Waals surface area (Å²) < 4.78 is 13.3. The Bertz CT molecular complexity index is 1120. The summed E-state index contributed by atoms with van der Waals surface area (Å²) >= 11 is 1.16. The van der Waals surface area contributed by atoms with Crippen LogP contribution >= 0.6 is 11.3 Å². The number of hydrogen-bond acceptors (Lipinski definition) is 6. The summed E-state index contributed by atoms with van der Waals surface area (Å²) in [7, 11) is 0. The van der Waals surface area contributed by atoms with Crippen LogP contribution in [0, 0.1) is 18.7 Å². The van der Waals surface area contributed by atoms with E-state index in [1.807, 2.05) is 17.0 Å². The van der Waals surface area contributed by atoms with E-state index in [0.29, 0.717) is 41.3 Å². The fraction of sp³-hybridized carbons (Fsp3) is 0.571. The number of nitrogens with zero attached hydrogens (tertiary/aromatic N) is 3. The molecule has 2 aliphatic rings. The van der Waals surface area contributed by atoms with Gasteiger partial charge in [-0.25, -0.2) is 14.2 Å². The number of piperidine rings is 2. The van der Waals surface area contributed by atoms with Crippen molar-refractivity contribution >= 4 is 34.2 Å². The molecule has 2 aliphatic heterocycles. The van der Waals surface area contributed by atoms with Gasteiger partial charge in [0.1, 0.15) is 5.82 Å². The van der Waals surface area contributed by atoms with Crippen LogP contribution in [0.2, 0.25) is 0 Å². The third kappa shape index (κ3) is 8.07. The molecule has 0 bridgehead atoms. The summed E-state index contributed by atoms with van der Waals surface area (Å²) in [5, 5.41) is 6.12. The SMILES string of the molecule is CC(=O)c1sc(NC(=O)N[C@@H](CC(=O)N2CCC[C@@H](Cc3ccc(F)cc3)C2)CN2CCCCC2)nc1C. The number of Topliss-reactive ketones (excluding diaryl/α,β-unsaturated/α-hetero) is 1. The number of ketones is 1. The van der Waals surface area contributed by atoms with E-state index < -0.39 is 6.03 Å². The number of aromatic nitrogens is 1. The molecule has 2 N–H and O–H groups in total. The first-order valence-corrected chi connectivity index (χ1v) is 14.4. The molecule has 2 aromatic rings. The van der Waals surface area contributed by atoms with Crippen LogP contribution in [-0.2, 0) is 11.2 Å². The van der Waals surface area contributed by atoms with Crippen molar-refractivity contribution in [2.24, 2.45) is 5.92 Å². The number of anilines is 1. The van der Waals surface area contributed by atoms with Gasteiger partial charge in [0.15, 0.2) is 10.9 Å². The topological polar surface area (TPSA) is 94.6 Å². The van der Waals surface area contributed by atoms with Crippen LogP contribution < -0.4 is 10.6 Å². The highest BCUT2D eigenvalue weighted by atomic mass is 32.1. The van der Waals surface area contributed by atoms with Crippen molar-refractivity contribution in [1.82, 2.24) is 20.1 Å². The molecule has 4 rings (SSSR count). The molecule has 3 heterocycles. The Hall–Kier alpha value is -2.85. The van der Waals surface area contributed by atoms with Crippen molar-refractivity contribution in [3.63, 3.8) is 0 Å². The Morgan fingerprint density at radius 3 is 2.53 bits per heavy atom. The van der Waals surface area contributed by atoms with Crippen LogP contribution in [0.4, 0.5) is 14.3 Å². The van der Waals surface area contributed by atoms with Crippen LogP contribution in [0.5, 0.6) is 0 Å². The molecule has 206 valence electrons. The standard InChI is InChI=1S/C28H38FN5O3S/c1-19-26(20(2)35)38-28(30-19)32-27(37)31-24(18-33-12-4-3-5-13-33)16-25(36)34-14-6-7-22(17-34)15-21-8-10-23(29)11-9-21/h8-11,22,24H,3-7,12-18H2,1-2H3,(H2,30,31,32,37)/t22-,24-/m0/s1. The van der Waals surface area contributed by atoms with E-state index in [1.54, 1.807) is 6.92 Å². The predicted octanol–water partition coefficient (Wildman–Crippen LogP) is 4.64. The third-order valence-corrected chi connectivity index (χ3v) is 8.50. The van der Waals surface area contributed by atoms with E-state index in [1.165, 1.54) is 25.5 Å². The van der Waals surface area contributed by atoms with Crippen LogP contribution in [-0.4, -0.2) is 71.3 Å². The lowest BCUT2D eigenvalue weighted by atomic mass is 9.91. The quantitative estimate of drug-likeness (QED) is 0.450. The molecule has 2 fully saturated rings. The molecule has 0 saturated carbocycles. The number of thiazole rings is 1. The predicted molar refractivity (Wildman–Crippen MR) is 147 cm³/mol. The average molecular weight is 544 g/mol. The van der Waals surface area contributed by atoms with Gasteiger partial charge in [0, 0.05) is 33.0 Å². The fourth-order valence-electron chi connectivity index (χ4n) is 5.46. The second-order valence-electron chi connectivity index (χ2n) is 10.5. The summed E-state index contributed by atoms with van der Waals surface area (Å²) in [6.45, 7) is 7.15. The highest BCUT2D eigenvalue weighted by Crippen LogP contribution is 2.24. The van der Waals surface area contributed by atoms with Gasteiger partial charge in [-0.3, -0.25) is 14.9 Å². The van der Waals surface area contributed by atoms with Gasteiger partial charge in [0.2, 0.25) is 5.91 Å². The normalized spacial score (nSPS) is 19.1. The van der Waals surface area contributed by atoms with E-state index in [4.69, 9.17) is 0 Å². The molecule has 0 radical (unpaired) electrons. The number of rotatable bonds is 9.